The molecule has 21 heavy (non-hydrogen) atoms. The summed E-state index contributed by atoms with van der Waals surface area (Å²) in [5, 5.41) is 0. The van der Waals surface area contributed by atoms with Crippen molar-refractivity contribution in [2.24, 2.45) is 5.92 Å². The van der Waals surface area contributed by atoms with Gasteiger partial charge in [-0.25, -0.2) is 0 Å². The third-order valence-corrected chi connectivity index (χ3v) is 4.06. The third-order valence-electron chi connectivity index (χ3n) is 2.84. The highest BCUT2D eigenvalue weighted by Crippen LogP contribution is 2.26. The van der Waals surface area contributed by atoms with E-state index in [-0.39, 0.29) is 0 Å². The van der Waals surface area contributed by atoms with Gasteiger partial charge in [-0.2, -0.15) is 4.98 Å². The SMILES string of the molecule is CC(C)COc1nc(N(C)Cc2ccc(Cl)s2)ccc1N. The first-order chi connectivity index (χ1) is 9.95. The van der Waals surface area contributed by atoms with Crippen LogP contribution >= 0.6 is 22.9 Å². The van der Waals surface area contributed by atoms with Crippen LogP contribution < -0.4 is 15.4 Å². The van der Waals surface area contributed by atoms with Crippen molar-refractivity contribution in [3.63, 3.8) is 0 Å². The normalized spacial score (nSPS) is 10.9. The lowest BCUT2D eigenvalue weighted by atomic mass is 10.2. The van der Waals surface area contributed by atoms with Gasteiger partial charge >= 0.3 is 0 Å². The first kappa shape index (κ1) is 15.9. The largest absolute Gasteiger partial charge is 0.476 e. The molecule has 0 fully saturated rings. The molecule has 0 radical (unpaired) electrons. The molecule has 0 aliphatic rings. The molecule has 2 aromatic rings. The molecule has 0 unspecified atom stereocenters. The minimum Gasteiger partial charge on any atom is -0.476 e. The van der Waals surface area contributed by atoms with Crippen LogP contribution in [0.4, 0.5) is 11.5 Å². The zero-order valence-electron chi connectivity index (χ0n) is 12.5. The van der Waals surface area contributed by atoms with E-state index in [1.165, 1.54) is 4.88 Å². The first-order valence-corrected chi connectivity index (χ1v) is 8.00. The maximum Gasteiger partial charge on any atom is 0.239 e. The van der Waals surface area contributed by atoms with Gasteiger partial charge in [-0.15, -0.1) is 11.3 Å². The minimum atomic E-state index is 0.431. The predicted octanol–water partition coefficient (Wildman–Crippen LogP) is 4.05. The average Bonchev–Trinajstić information content (AvgIpc) is 2.83. The van der Waals surface area contributed by atoms with Crippen LogP contribution in [0.25, 0.3) is 0 Å². The molecule has 2 heterocycles. The number of rotatable bonds is 6. The Bertz CT molecular complexity index is 600. The third kappa shape index (κ3) is 4.51. The molecule has 0 spiro atoms. The Morgan fingerprint density at radius 3 is 2.71 bits per heavy atom. The molecule has 114 valence electrons. The quantitative estimate of drug-likeness (QED) is 0.870. The predicted molar refractivity (Wildman–Crippen MR) is 90.4 cm³/mol. The Kier molecular flexibility index (Phi) is 5.31. The number of halogens is 1. The molecule has 2 aromatic heterocycles. The Morgan fingerprint density at radius 1 is 1.33 bits per heavy atom. The zero-order chi connectivity index (χ0) is 15.4. The zero-order valence-corrected chi connectivity index (χ0v) is 14.0. The summed E-state index contributed by atoms with van der Waals surface area (Å²) in [7, 11) is 1.98. The highest BCUT2D eigenvalue weighted by Gasteiger charge is 2.10. The maximum atomic E-state index is 5.95. The molecule has 0 aliphatic carbocycles. The minimum absolute atomic E-state index is 0.431. The first-order valence-electron chi connectivity index (χ1n) is 6.80. The highest BCUT2D eigenvalue weighted by atomic mass is 35.5. The maximum absolute atomic E-state index is 5.95. The fraction of sp³-hybridized carbons (Fsp3) is 0.400. The van der Waals surface area contributed by atoms with E-state index >= 15 is 0 Å². The topological polar surface area (TPSA) is 51.4 Å². The standard InChI is InChI=1S/C15H20ClN3OS/c1-10(2)9-20-15-12(17)5-7-14(18-15)19(3)8-11-4-6-13(16)21-11/h4-7,10H,8-9,17H2,1-3H3. The molecule has 0 bridgehead atoms. The van der Waals surface area contributed by atoms with Gasteiger partial charge in [-0.3, -0.25) is 0 Å². The van der Waals surface area contributed by atoms with Crippen molar-refractivity contribution in [1.29, 1.82) is 0 Å². The molecule has 0 saturated heterocycles. The summed E-state index contributed by atoms with van der Waals surface area (Å²) in [6.45, 7) is 5.53. The molecular weight excluding hydrogens is 306 g/mol. The van der Waals surface area contributed by atoms with Crippen molar-refractivity contribution in [2.75, 3.05) is 24.3 Å². The summed E-state index contributed by atoms with van der Waals surface area (Å²) in [5.41, 5.74) is 6.47. The molecular formula is C15H20ClN3OS. The number of hydrogen-bond acceptors (Lipinski definition) is 5. The molecule has 2 rings (SSSR count). The van der Waals surface area contributed by atoms with Gasteiger partial charge in [0.25, 0.3) is 0 Å². The van der Waals surface area contributed by atoms with Crippen molar-refractivity contribution in [2.45, 2.75) is 20.4 Å². The molecule has 0 atom stereocenters. The second kappa shape index (κ2) is 7.00. The van der Waals surface area contributed by atoms with Gasteiger partial charge < -0.3 is 15.4 Å². The summed E-state index contributed by atoms with van der Waals surface area (Å²) in [6, 6.07) is 7.66. The lowest BCUT2D eigenvalue weighted by molar-refractivity contribution is 0.263. The molecule has 6 heteroatoms. The number of nitrogens with zero attached hydrogens (tertiary/aromatic N) is 2. The van der Waals surface area contributed by atoms with Gasteiger partial charge in [-0.05, 0) is 30.2 Å². The smallest absolute Gasteiger partial charge is 0.239 e. The summed E-state index contributed by atoms with van der Waals surface area (Å²) in [4.78, 5) is 7.73. The van der Waals surface area contributed by atoms with E-state index in [0.29, 0.717) is 24.1 Å². The van der Waals surface area contributed by atoms with E-state index in [4.69, 9.17) is 22.1 Å². The van der Waals surface area contributed by atoms with Crippen molar-refractivity contribution in [3.05, 3.63) is 33.5 Å². The Balaban J connectivity index is 2.09. The lowest BCUT2D eigenvalue weighted by Gasteiger charge is -2.19. The summed E-state index contributed by atoms with van der Waals surface area (Å²) in [6.07, 6.45) is 0. The molecule has 0 aromatic carbocycles. The van der Waals surface area contributed by atoms with E-state index in [0.717, 1.165) is 16.7 Å². The number of ether oxygens (including phenoxy) is 1. The van der Waals surface area contributed by atoms with Gasteiger partial charge in [0.2, 0.25) is 5.88 Å². The van der Waals surface area contributed by atoms with Gasteiger partial charge in [0.1, 0.15) is 5.82 Å². The van der Waals surface area contributed by atoms with Crippen LogP contribution in [0.1, 0.15) is 18.7 Å². The van der Waals surface area contributed by atoms with Gasteiger partial charge in [0.05, 0.1) is 23.2 Å². The van der Waals surface area contributed by atoms with Crippen molar-refractivity contribution in [3.8, 4) is 5.88 Å². The number of nitrogen functional groups attached to an aromatic ring is 1. The second-order valence-electron chi connectivity index (χ2n) is 5.33. The van der Waals surface area contributed by atoms with Crippen LogP contribution in [0.5, 0.6) is 5.88 Å². The highest BCUT2D eigenvalue weighted by molar-refractivity contribution is 7.16. The second-order valence-corrected chi connectivity index (χ2v) is 7.13. The van der Waals surface area contributed by atoms with Crippen LogP contribution in [-0.2, 0) is 6.54 Å². The number of thiophene rings is 1. The molecule has 0 aliphatic heterocycles. The molecule has 0 saturated carbocycles. The number of anilines is 2. The number of nitrogens with two attached hydrogens (primary N) is 1. The summed E-state index contributed by atoms with van der Waals surface area (Å²) in [5.74, 6) is 1.76. The van der Waals surface area contributed by atoms with Crippen LogP contribution in [0, 0.1) is 5.92 Å². The fourth-order valence-electron chi connectivity index (χ4n) is 1.77. The van der Waals surface area contributed by atoms with Crippen molar-refractivity contribution < 1.29 is 4.74 Å². The molecule has 2 N–H and O–H groups in total. The van der Waals surface area contributed by atoms with E-state index in [1.807, 2.05) is 36.2 Å². The number of hydrogen-bond donors (Lipinski definition) is 1. The van der Waals surface area contributed by atoms with E-state index in [1.54, 1.807) is 11.3 Å². The van der Waals surface area contributed by atoms with Crippen LogP contribution in [-0.4, -0.2) is 18.6 Å². The Labute approximate surface area is 134 Å². The Morgan fingerprint density at radius 2 is 2.10 bits per heavy atom. The van der Waals surface area contributed by atoms with E-state index in [2.05, 4.69) is 18.8 Å². The number of pyridine rings is 1. The monoisotopic (exact) mass is 325 g/mol. The van der Waals surface area contributed by atoms with Crippen LogP contribution in [0.3, 0.4) is 0 Å². The molecule has 4 nitrogen and oxygen atoms in total. The fourth-order valence-corrected chi connectivity index (χ4v) is 2.91. The lowest BCUT2D eigenvalue weighted by Crippen LogP contribution is -2.18. The van der Waals surface area contributed by atoms with Crippen molar-refractivity contribution in [1.82, 2.24) is 4.98 Å². The van der Waals surface area contributed by atoms with Gasteiger partial charge in [-0.1, -0.05) is 25.4 Å². The average molecular weight is 326 g/mol. The summed E-state index contributed by atoms with van der Waals surface area (Å²) < 4.78 is 6.46. The van der Waals surface area contributed by atoms with Gasteiger partial charge in [0, 0.05) is 11.9 Å². The van der Waals surface area contributed by atoms with Gasteiger partial charge in [0.15, 0.2) is 0 Å². The number of aromatic nitrogens is 1. The summed E-state index contributed by atoms with van der Waals surface area (Å²) >= 11 is 7.53. The van der Waals surface area contributed by atoms with E-state index < -0.39 is 0 Å². The van der Waals surface area contributed by atoms with Crippen LogP contribution in [0.15, 0.2) is 24.3 Å². The Hall–Kier alpha value is -1.46. The van der Waals surface area contributed by atoms with Crippen molar-refractivity contribution >= 4 is 34.4 Å². The van der Waals surface area contributed by atoms with E-state index in [9.17, 15) is 0 Å². The van der Waals surface area contributed by atoms with Crippen LogP contribution in [0.2, 0.25) is 4.34 Å². The molecule has 0 amide bonds.